The molecule has 2 rings (SSSR count). The van der Waals surface area contributed by atoms with Crippen LogP contribution in [0, 0.1) is 0 Å². The summed E-state index contributed by atoms with van der Waals surface area (Å²) < 4.78 is 5.58. The average molecular weight is 342 g/mol. The third-order valence-corrected chi connectivity index (χ3v) is 3.69. The zero-order valence-electron chi connectivity index (χ0n) is 14.6. The maximum atomic E-state index is 11.9. The molecule has 0 aromatic heterocycles. The second-order valence-corrected chi connectivity index (χ2v) is 5.90. The summed E-state index contributed by atoms with van der Waals surface area (Å²) in [4.78, 5) is 11.9. The highest BCUT2D eigenvalue weighted by Crippen LogP contribution is 2.16. The number of aliphatic hydroxyl groups is 1. The minimum absolute atomic E-state index is 0.193. The third-order valence-electron chi connectivity index (χ3n) is 3.69. The lowest BCUT2D eigenvalue weighted by Crippen LogP contribution is -2.36. The number of rotatable bonds is 9. The van der Waals surface area contributed by atoms with Crippen molar-refractivity contribution in [3.05, 3.63) is 60.2 Å². The van der Waals surface area contributed by atoms with E-state index in [1.807, 2.05) is 42.5 Å². The summed E-state index contributed by atoms with van der Waals surface area (Å²) in [6.45, 7) is 3.01. The van der Waals surface area contributed by atoms with Gasteiger partial charge in [0.2, 0.25) is 0 Å². The van der Waals surface area contributed by atoms with Crippen LogP contribution in [0.1, 0.15) is 25.3 Å². The molecule has 2 amide bonds. The summed E-state index contributed by atoms with van der Waals surface area (Å²) >= 11 is 0. The van der Waals surface area contributed by atoms with Crippen LogP contribution in [0.5, 0.6) is 5.75 Å². The van der Waals surface area contributed by atoms with Gasteiger partial charge in [0.15, 0.2) is 0 Å². The lowest BCUT2D eigenvalue weighted by molar-refractivity contribution is 0.172. The van der Waals surface area contributed by atoms with Crippen LogP contribution in [0.25, 0.3) is 0 Å². The minimum atomic E-state index is -0.623. The number of nitrogens with one attached hydrogen (secondary N) is 2. The first-order valence-electron chi connectivity index (χ1n) is 8.67. The molecule has 0 spiro atoms. The summed E-state index contributed by atoms with van der Waals surface area (Å²) in [7, 11) is 0. The standard InChI is InChI=1S/C20H26N2O3/c1-2-3-13-25-19-11-9-17(10-12-19)22-20(24)21-15-18(23)14-16-7-5-4-6-8-16/h4-12,18,23H,2-3,13-15H2,1H3,(H2,21,22,24). The average Bonchev–Trinajstić information content (AvgIpc) is 2.63. The topological polar surface area (TPSA) is 70.6 Å². The molecule has 5 nitrogen and oxygen atoms in total. The SMILES string of the molecule is CCCCOc1ccc(NC(=O)NCC(O)Cc2ccccc2)cc1. The molecule has 0 saturated carbocycles. The molecule has 134 valence electrons. The van der Waals surface area contributed by atoms with Gasteiger partial charge in [-0.2, -0.15) is 0 Å². The van der Waals surface area contributed by atoms with E-state index in [1.54, 1.807) is 12.1 Å². The highest BCUT2D eigenvalue weighted by Gasteiger charge is 2.08. The van der Waals surface area contributed by atoms with E-state index in [-0.39, 0.29) is 12.6 Å². The van der Waals surface area contributed by atoms with E-state index in [4.69, 9.17) is 4.74 Å². The number of urea groups is 1. The maximum absolute atomic E-state index is 11.9. The van der Waals surface area contributed by atoms with Crippen molar-refractivity contribution in [2.45, 2.75) is 32.3 Å². The normalized spacial score (nSPS) is 11.6. The Bertz CT molecular complexity index is 629. The Balaban J connectivity index is 1.70. The van der Waals surface area contributed by atoms with Crippen LogP contribution in [0.15, 0.2) is 54.6 Å². The fraction of sp³-hybridized carbons (Fsp3) is 0.350. The van der Waals surface area contributed by atoms with E-state index >= 15 is 0 Å². The molecule has 0 aliphatic heterocycles. The van der Waals surface area contributed by atoms with Crippen molar-refractivity contribution >= 4 is 11.7 Å². The largest absolute Gasteiger partial charge is 0.494 e. The molecule has 0 bridgehead atoms. The number of hydrogen-bond donors (Lipinski definition) is 3. The number of ether oxygens (including phenoxy) is 1. The number of anilines is 1. The van der Waals surface area contributed by atoms with Crippen molar-refractivity contribution in [3.8, 4) is 5.75 Å². The summed E-state index contributed by atoms with van der Waals surface area (Å²) in [6.07, 6.45) is 2.00. The Hall–Kier alpha value is -2.53. The van der Waals surface area contributed by atoms with E-state index in [1.165, 1.54) is 0 Å². The number of carbonyl (C=O) groups is 1. The number of hydrogen-bond acceptors (Lipinski definition) is 3. The molecular weight excluding hydrogens is 316 g/mol. The van der Waals surface area contributed by atoms with Gasteiger partial charge in [-0.15, -0.1) is 0 Å². The fourth-order valence-corrected chi connectivity index (χ4v) is 2.31. The van der Waals surface area contributed by atoms with Gasteiger partial charge in [0.25, 0.3) is 0 Å². The number of unbranched alkanes of at least 4 members (excludes halogenated alkanes) is 1. The summed E-state index contributed by atoms with van der Waals surface area (Å²) in [5.74, 6) is 0.790. The van der Waals surface area contributed by atoms with Gasteiger partial charge >= 0.3 is 6.03 Å². The van der Waals surface area contributed by atoms with Gasteiger partial charge in [-0.05, 0) is 36.2 Å². The van der Waals surface area contributed by atoms with Crippen LogP contribution in [-0.2, 0) is 6.42 Å². The van der Waals surface area contributed by atoms with Crippen LogP contribution in [-0.4, -0.2) is 30.4 Å². The van der Waals surface area contributed by atoms with Gasteiger partial charge in [0.1, 0.15) is 5.75 Å². The molecule has 1 atom stereocenters. The molecule has 0 saturated heterocycles. The van der Waals surface area contributed by atoms with E-state index < -0.39 is 6.10 Å². The molecule has 0 aliphatic carbocycles. The van der Waals surface area contributed by atoms with E-state index in [9.17, 15) is 9.90 Å². The number of benzene rings is 2. The molecule has 1 unspecified atom stereocenters. The minimum Gasteiger partial charge on any atom is -0.494 e. The number of amides is 2. The Morgan fingerprint density at radius 1 is 1.12 bits per heavy atom. The maximum Gasteiger partial charge on any atom is 0.319 e. The first kappa shape index (κ1) is 18.8. The van der Waals surface area contributed by atoms with Crippen molar-refractivity contribution in [3.63, 3.8) is 0 Å². The van der Waals surface area contributed by atoms with Gasteiger partial charge in [-0.25, -0.2) is 4.79 Å². The van der Waals surface area contributed by atoms with Crippen molar-refractivity contribution in [2.75, 3.05) is 18.5 Å². The third kappa shape index (κ3) is 7.27. The lowest BCUT2D eigenvalue weighted by Gasteiger charge is -2.13. The fourth-order valence-electron chi connectivity index (χ4n) is 2.31. The zero-order valence-corrected chi connectivity index (χ0v) is 14.6. The summed E-state index contributed by atoms with van der Waals surface area (Å²) in [5, 5.41) is 15.4. The quantitative estimate of drug-likeness (QED) is 0.610. The van der Waals surface area contributed by atoms with Crippen LogP contribution >= 0.6 is 0 Å². The van der Waals surface area contributed by atoms with Crippen LogP contribution in [0.4, 0.5) is 10.5 Å². The molecule has 0 fully saturated rings. The Morgan fingerprint density at radius 2 is 1.84 bits per heavy atom. The highest BCUT2D eigenvalue weighted by molar-refractivity contribution is 5.89. The highest BCUT2D eigenvalue weighted by atomic mass is 16.5. The second-order valence-electron chi connectivity index (χ2n) is 5.90. The van der Waals surface area contributed by atoms with Crippen LogP contribution in [0.3, 0.4) is 0 Å². The molecule has 3 N–H and O–H groups in total. The molecule has 0 aliphatic rings. The number of carbonyl (C=O) groups excluding carboxylic acids is 1. The Labute approximate surface area is 149 Å². The number of aliphatic hydroxyl groups excluding tert-OH is 1. The smallest absolute Gasteiger partial charge is 0.319 e. The Kier molecular flexibility index (Phi) is 7.79. The Morgan fingerprint density at radius 3 is 2.52 bits per heavy atom. The van der Waals surface area contributed by atoms with Gasteiger partial charge in [-0.3, -0.25) is 0 Å². The molecule has 2 aromatic rings. The lowest BCUT2D eigenvalue weighted by atomic mass is 10.1. The molecule has 25 heavy (non-hydrogen) atoms. The second kappa shape index (κ2) is 10.4. The van der Waals surface area contributed by atoms with Gasteiger partial charge in [0, 0.05) is 18.7 Å². The van der Waals surface area contributed by atoms with Gasteiger partial charge in [-0.1, -0.05) is 43.7 Å². The van der Waals surface area contributed by atoms with Crippen LogP contribution < -0.4 is 15.4 Å². The molecule has 5 heteroatoms. The zero-order chi connectivity index (χ0) is 17.9. The molecule has 2 aromatic carbocycles. The summed E-state index contributed by atoms with van der Waals surface area (Å²) in [5.41, 5.74) is 1.72. The van der Waals surface area contributed by atoms with E-state index in [0.717, 1.165) is 24.2 Å². The van der Waals surface area contributed by atoms with E-state index in [0.29, 0.717) is 18.7 Å². The first-order chi connectivity index (χ1) is 12.2. The predicted octanol–water partition coefficient (Wildman–Crippen LogP) is 3.59. The van der Waals surface area contributed by atoms with Crippen LogP contribution in [0.2, 0.25) is 0 Å². The summed E-state index contributed by atoms with van der Waals surface area (Å²) in [6, 6.07) is 16.6. The van der Waals surface area contributed by atoms with E-state index in [2.05, 4.69) is 17.6 Å². The van der Waals surface area contributed by atoms with Gasteiger partial charge < -0.3 is 20.5 Å². The molecule has 0 radical (unpaired) electrons. The van der Waals surface area contributed by atoms with Crippen molar-refractivity contribution in [1.82, 2.24) is 5.32 Å². The van der Waals surface area contributed by atoms with Crippen molar-refractivity contribution in [1.29, 1.82) is 0 Å². The van der Waals surface area contributed by atoms with Gasteiger partial charge in [0.05, 0.1) is 12.7 Å². The molecular formula is C20H26N2O3. The molecule has 0 heterocycles. The van der Waals surface area contributed by atoms with Crippen molar-refractivity contribution in [2.24, 2.45) is 0 Å². The monoisotopic (exact) mass is 342 g/mol. The predicted molar refractivity (Wildman–Crippen MR) is 100 cm³/mol. The van der Waals surface area contributed by atoms with Crippen molar-refractivity contribution < 1.29 is 14.6 Å². The first-order valence-corrected chi connectivity index (χ1v) is 8.67.